The number of methoxy groups -OCH3 is 2. The lowest BCUT2D eigenvalue weighted by atomic mass is 9.90. The fraction of sp³-hybridized carbons (Fsp3) is 0.172. The Bertz CT molecular complexity index is 1280. The van der Waals surface area contributed by atoms with Crippen LogP contribution in [0, 0.1) is 0 Å². The number of rotatable bonds is 9. The third-order valence-electron chi connectivity index (χ3n) is 5.94. The van der Waals surface area contributed by atoms with Crippen LogP contribution in [-0.4, -0.2) is 31.0 Å². The smallest absolute Gasteiger partial charge is 0.264 e. The van der Waals surface area contributed by atoms with Crippen LogP contribution < -0.4 is 14.4 Å². The highest BCUT2D eigenvalue weighted by Gasteiger charge is 2.50. The summed E-state index contributed by atoms with van der Waals surface area (Å²) in [7, 11) is 3.10. The molecule has 6 nitrogen and oxygen atoms in total. The predicted molar refractivity (Wildman–Crippen MR) is 135 cm³/mol. The van der Waals surface area contributed by atoms with E-state index in [-0.39, 0.29) is 18.7 Å². The number of carbonyl (C=O) groups excluding carboxylic acids is 2. The summed E-state index contributed by atoms with van der Waals surface area (Å²) < 4.78 is 10.7. The minimum absolute atomic E-state index is 0.211. The van der Waals surface area contributed by atoms with Crippen molar-refractivity contribution >= 4 is 23.5 Å². The molecule has 0 saturated carbocycles. The highest BCUT2D eigenvalue weighted by atomic mass is 16.5. The zero-order valence-electron chi connectivity index (χ0n) is 19.7. The van der Waals surface area contributed by atoms with E-state index in [0.29, 0.717) is 22.7 Å². The van der Waals surface area contributed by atoms with E-state index in [1.54, 1.807) is 62.8 Å². The molecule has 35 heavy (non-hydrogen) atoms. The van der Waals surface area contributed by atoms with Gasteiger partial charge < -0.3 is 19.5 Å². The van der Waals surface area contributed by atoms with Gasteiger partial charge in [-0.15, -0.1) is 0 Å². The average molecular weight is 470 g/mol. The Labute approximate surface area is 204 Å². The Morgan fingerprint density at radius 1 is 0.943 bits per heavy atom. The molecule has 1 N–H and O–H groups in total. The second-order valence-corrected chi connectivity index (χ2v) is 8.23. The summed E-state index contributed by atoms with van der Waals surface area (Å²) in [6.07, 6.45) is 6.28. The average Bonchev–Trinajstić information content (AvgIpc) is 3.09. The van der Waals surface area contributed by atoms with Gasteiger partial charge in [0.2, 0.25) is 0 Å². The van der Waals surface area contributed by atoms with E-state index >= 15 is 0 Å². The van der Waals surface area contributed by atoms with Gasteiger partial charge in [0.25, 0.3) is 5.91 Å². The van der Waals surface area contributed by atoms with Crippen molar-refractivity contribution in [3.8, 4) is 11.5 Å². The monoisotopic (exact) mass is 469 g/mol. The van der Waals surface area contributed by atoms with Crippen molar-refractivity contribution < 1.29 is 24.2 Å². The van der Waals surface area contributed by atoms with E-state index in [9.17, 15) is 14.7 Å². The molecule has 1 amide bonds. The fourth-order valence-electron chi connectivity index (χ4n) is 4.20. The number of amides is 1. The first-order valence-corrected chi connectivity index (χ1v) is 11.2. The second kappa shape index (κ2) is 10.4. The molecule has 178 valence electrons. The number of aliphatic hydroxyl groups is 1. The third kappa shape index (κ3) is 5.03. The summed E-state index contributed by atoms with van der Waals surface area (Å²) >= 11 is 0. The molecule has 1 aliphatic rings. The molecular weight excluding hydrogens is 442 g/mol. The molecule has 0 fully saturated rings. The van der Waals surface area contributed by atoms with Gasteiger partial charge in [-0.05, 0) is 35.4 Å². The van der Waals surface area contributed by atoms with Crippen molar-refractivity contribution in [3.05, 3.63) is 108 Å². The summed E-state index contributed by atoms with van der Waals surface area (Å²) in [5, 5.41) is 11.4. The topological polar surface area (TPSA) is 76.1 Å². The first kappa shape index (κ1) is 24.0. The summed E-state index contributed by atoms with van der Waals surface area (Å²) in [4.78, 5) is 27.7. The SMILES string of the molecule is COc1ccc(CN2C(=O)C(O)(CC(=O)C=CC=Cc3ccccc3)c3ccccc32)cc1OC. The minimum atomic E-state index is -1.93. The Balaban J connectivity index is 1.53. The first-order valence-electron chi connectivity index (χ1n) is 11.2. The van der Waals surface area contributed by atoms with E-state index in [4.69, 9.17) is 9.47 Å². The molecule has 1 atom stereocenters. The lowest BCUT2D eigenvalue weighted by molar-refractivity contribution is -0.140. The van der Waals surface area contributed by atoms with Gasteiger partial charge >= 0.3 is 0 Å². The molecule has 0 bridgehead atoms. The van der Waals surface area contributed by atoms with E-state index in [1.807, 2.05) is 42.5 Å². The van der Waals surface area contributed by atoms with Crippen molar-refractivity contribution in [2.24, 2.45) is 0 Å². The Morgan fingerprint density at radius 3 is 2.40 bits per heavy atom. The molecule has 1 aliphatic heterocycles. The molecule has 0 radical (unpaired) electrons. The number of carbonyl (C=O) groups is 2. The standard InChI is InChI=1S/C29H27NO5/c1-34-26-17-16-22(18-27(26)35-2)20-30-25-15-9-8-14-24(25)29(33,28(30)32)19-23(31)13-7-6-12-21-10-4-3-5-11-21/h3-18,33H,19-20H2,1-2H3. The predicted octanol–water partition coefficient (Wildman–Crippen LogP) is 4.67. The van der Waals surface area contributed by atoms with Crippen molar-refractivity contribution in [2.45, 2.75) is 18.6 Å². The van der Waals surface area contributed by atoms with Crippen molar-refractivity contribution in [2.75, 3.05) is 19.1 Å². The van der Waals surface area contributed by atoms with Gasteiger partial charge in [0, 0.05) is 5.56 Å². The van der Waals surface area contributed by atoms with E-state index < -0.39 is 11.5 Å². The van der Waals surface area contributed by atoms with Gasteiger partial charge in [-0.1, -0.05) is 72.8 Å². The molecule has 4 rings (SSSR count). The Kier molecular flexibility index (Phi) is 7.13. The van der Waals surface area contributed by atoms with Crippen LogP contribution in [0.25, 0.3) is 6.08 Å². The number of anilines is 1. The number of nitrogens with zero attached hydrogens (tertiary/aromatic N) is 1. The first-order chi connectivity index (χ1) is 17.0. The molecule has 1 heterocycles. The lowest BCUT2D eigenvalue weighted by Gasteiger charge is -2.22. The van der Waals surface area contributed by atoms with Crippen LogP contribution in [0.15, 0.2) is 91.0 Å². The van der Waals surface area contributed by atoms with Gasteiger partial charge in [-0.25, -0.2) is 0 Å². The normalized spacial score (nSPS) is 17.2. The summed E-state index contributed by atoms with van der Waals surface area (Å²) in [6.45, 7) is 0.211. The van der Waals surface area contributed by atoms with Gasteiger partial charge in [0.05, 0.1) is 32.9 Å². The van der Waals surface area contributed by atoms with Crippen molar-refractivity contribution in [3.63, 3.8) is 0 Å². The molecule has 0 spiro atoms. The molecule has 0 saturated heterocycles. The van der Waals surface area contributed by atoms with Crippen molar-refractivity contribution in [1.29, 1.82) is 0 Å². The highest BCUT2D eigenvalue weighted by Crippen LogP contribution is 2.43. The van der Waals surface area contributed by atoms with Gasteiger partial charge in [0.15, 0.2) is 22.9 Å². The number of fused-ring (bicyclic) bond motifs is 1. The number of benzene rings is 3. The second-order valence-electron chi connectivity index (χ2n) is 8.23. The number of ketones is 1. The largest absolute Gasteiger partial charge is 0.493 e. The summed E-state index contributed by atoms with van der Waals surface area (Å²) in [5.74, 6) is 0.250. The van der Waals surface area contributed by atoms with Crippen LogP contribution in [0.1, 0.15) is 23.1 Å². The maximum Gasteiger partial charge on any atom is 0.264 e. The zero-order chi connectivity index (χ0) is 24.8. The maximum atomic E-state index is 13.4. The van der Waals surface area contributed by atoms with Gasteiger partial charge in [-0.2, -0.15) is 0 Å². The van der Waals surface area contributed by atoms with Crippen LogP contribution in [-0.2, 0) is 21.7 Å². The number of ether oxygens (including phenoxy) is 2. The lowest BCUT2D eigenvalue weighted by Crippen LogP contribution is -2.41. The fourth-order valence-corrected chi connectivity index (χ4v) is 4.20. The van der Waals surface area contributed by atoms with Crippen LogP contribution in [0.5, 0.6) is 11.5 Å². The molecular formula is C29H27NO5. The summed E-state index contributed by atoms with van der Waals surface area (Å²) in [5.41, 5.74) is 0.876. The van der Waals surface area contributed by atoms with Crippen LogP contribution >= 0.6 is 0 Å². The van der Waals surface area contributed by atoms with E-state index in [1.165, 1.54) is 11.0 Å². The van der Waals surface area contributed by atoms with Crippen molar-refractivity contribution in [1.82, 2.24) is 0 Å². The zero-order valence-corrected chi connectivity index (χ0v) is 19.7. The molecule has 0 aromatic heterocycles. The van der Waals surface area contributed by atoms with Gasteiger partial charge in [-0.3, -0.25) is 9.59 Å². The molecule has 0 aliphatic carbocycles. The van der Waals surface area contributed by atoms with Crippen LogP contribution in [0.4, 0.5) is 5.69 Å². The number of hydrogen-bond donors (Lipinski definition) is 1. The van der Waals surface area contributed by atoms with Crippen LogP contribution in [0.2, 0.25) is 0 Å². The molecule has 6 heteroatoms. The summed E-state index contributed by atoms with van der Waals surface area (Å²) in [6, 6.07) is 22.1. The van der Waals surface area contributed by atoms with Crippen LogP contribution in [0.3, 0.4) is 0 Å². The highest BCUT2D eigenvalue weighted by molar-refractivity contribution is 6.09. The Hall–Kier alpha value is -4.16. The molecule has 3 aromatic rings. The number of para-hydroxylation sites is 1. The molecule has 3 aromatic carbocycles. The quantitative estimate of drug-likeness (QED) is 0.364. The maximum absolute atomic E-state index is 13.4. The minimum Gasteiger partial charge on any atom is -0.493 e. The number of hydrogen-bond acceptors (Lipinski definition) is 5. The number of allylic oxidation sites excluding steroid dienone is 3. The third-order valence-corrected chi connectivity index (χ3v) is 5.94. The van der Waals surface area contributed by atoms with Gasteiger partial charge in [0.1, 0.15) is 0 Å². The Morgan fingerprint density at radius 2 is 1.66 bits per heavy atom. The van der Waals surface area contributed by atoms with E-state index in [0.717, 1.165) is 11.1 Å². The van der Waals surface area contributed by atoms with E-state index in [2.05, 4.69) is 0 Å². The molecule has 1 unspecified atom stereocenters.